The molecule has 0 aromatic heterocycles. The van der Waals surface area contributed by atoms with Crippen LogP contribution in [0.5, 0.6) is 0 Å². The van der Waals surface area contributed by atoms with Crippen LogP contribution in [0.4, 0.5) is 101 Å². The van der Waals surface area contributed by atoms with Crippen molar-refractivity contribution >= 4 is 0 Å². The summed E-state index contributed by atoms with van der Waals surface area (Å²) in [7, 11) is 0. The van der Waals surface area contributed by atoms with Crippen LogP contribution in [0.3, 0.4) is 0 Å². The van der Waals surface area contributed by atoms with Crippen LogP contribution >= 0.6 is 0 Å². The van der Waals surface area contributed by atoms with E-state index in [-0.39, 0.29) is 0 Å². The lowest BCUT2D eigenvalue weighted by Gasteiger charge is -2.44. The van der Waals surface area contributed by atoms with Gasteiger partial charge in [-0.05, 0) is 0 Å². The molecule has 0 aromatic carbocycles. The highest BCUT2D eigenvalue weighted by Gasteiger charge is 2.98. The summed E-state index contributed by atoms with van der Waals surface area (Å²) in [6.07, 6.45) is -18.9. The Labute approximate surface area is 179 Å². The highest BCUT2D eigenvalue weighted by atomic mass is 19.4. The van der Waals surface area contributed by atoms with Gasteiger partial charge in [0, 0.05) is 0 Å². The molecule has 0 aliphatic rings. The fourth-order valence-electron chi connectivity index (χ4n) is 1.92. The molecule has 0 aliphatic heterocycles. The van der Waals surface area contributed by atoms with Gasteiger partial charge in [0.2, 0.25) is 12.5 Å². The first-order chi connectivity index (χ1) is 15.1. The topological polar surface area (TPSA) is 20.2 Å². The van der Waals surface area contributed by atoms with Gasteiger partial charge in [0.25, 0.3) is 0 Å². The molecule has 0 spiro atoms. The van der Waals surface area contributed by atoms with E-state index in [1.165, 1.54) is 0 Å². The molecular formula is C12H3F23O. The predicted octanol–water partition coefficient (Wildman–Crippen LogP) is 6.89. The Kier molecular flexibility index (Phi) is 8.04. The molecule has 1 N–H and O–H groups in total. The van der Waals surface area contributed by atoms with E-state index >= 15 is 0 Å². The van der Waals surface area contributed by atoms with Crippen LogP contribution in [0.25, 0.3) is 0 Å². The summed E-state index contributed by atoms with van der Waals surface area (Å²) in [6.45, 7) is 0. The summed E-state index contributed by atoms with van der Waals surface area (Å²) in [4.78, 5) is 0. The standard InChI is InChI=1S/C12H3F23O/c13-1(2(14)36)3(15,16)4(17,18)5(19,20)6(21,22)7(23,24)8(25,26)9(27,28)10(29,30)11(31,32)12(33,34)35/h1-2,36H. The first-order valence-electron chi connectivity index (χ1n) is 7.54. The van der Waals surface area contributed by atoms with Gasteiger partial charge >= 0.3 is 59.5 Å². The lowest BCUT2D eigenvalue weighted by molar-refractivity contribution is -0.475. The molecule has 36 heavy (non-hydrogen) atoms. The average molecular weight is 600 g/mol. The maximum atomic E-state index is 13.4. The molecule has 0 heterocycles. The van der Waals surface area contributed by atoms with Crippen molar-refractivity contribution in [1.82, 2.24) is 0 Å². The zero-order chi connectivity index (χ0) is 30.2. The van der Waals surface area contributed by atoms with Crippen molar-refractivity contribution in [3.05, 3.63) is 0 Å². The van der Waals surface area contributed by atoms with E-state index in [0.717, 1.165) is 0 Å². The van der Waals surface area contributed by atoms with Gasteiger partial charge in [0.15, 0.2) is 0 Å². The molecule has 0 aliphatic carbocycles. The molecule has 0 saturated carbocycles. The first kappa shape index (κ1) is 34.4. The summed E-state index contributed by atoms with van der Waals surface area (Å²) >= 11 is 0. The Morgan fingerprint density at radius 2 is 0.528 bits per heavy atom. The van der Waals surface area contributed by atoms with E-state index < -0.39 is 72.0 Å². The molecule has 0 bridgehead atoms. The van der Waals surface area contributed by atoms with Crippen LogP contribution in [0.2, 0.25) is 0 Å². The monoisotopic (exact) mass is 600 g/mol. The molecule has 1 nitrogen and oxygen atoms in total. The molecule has 0 fully saturated rings. The summed E-state index contributed by atoms with van der Waals surface area (Å²) < 4.78 is 297. The van der Waals surface area contributed by atoms with Crippen molar-refractivity contribution in [2.75, 3.05) is 0 Å². The van der Waals surface area contributed by atoms with Crippen LogP contribution in [-0.4, -0.2) is 77.1 Å². The lowest BCUT2D eigenvalue weighted by atomic mass is 9.85. The van der Waals surface area contributed by atoms with Gasteiger partial charge in [-0.1, -0.05) is 0 Å². The van der Waals surface area contributed by atoms with Crippen molar-refractivity contribution in [3.63, 3.8) is 0 Å². The zero-order valence-electron chi connectivity index (χ0n) is 15.3. The third kappa shape index (κ3) is 3.98. The fourth-order valence-corrected chi connectivity index (χ4v) is 1.92. The Bertz CT molecular complexity index is 789. The normalized spacial score (nSPS) is 18.3. The van der Waals surface area contributed by atoms with Crippen molar-refractivity contribution in [2.24, 2.45) is 0 Å². The molecule has 0 rings (SSSR count). The minimum Gasteiger partial charge on any atom is -0.362 e. The quantitative estimate of drug-likeness (QED) is 0.271. The highest BCUT2D eigenvalue weighted by molar-refractivity contribution is 5.18. The van der Waals surface area contributed by atoms with E-state index in [2.05, 4.69) is 0 Å². The van der Waals surface area contributed by atoms with E-state index in [1.807, 2.05) is 0 Å². The Hall–Kier alpha value is -1.65. The maximum Gasteiger partial charge on any atom is 0.460 e. The SMILES string of the molecule is OC(F)C(F)C(F)(F)C(F)(F)C(F)(F)C(F)(F)C(F)(F)C(F)(F)C(F)(F)C(F)(F)C(F)(F)C(F)(F)F. The van der Waals surface area contributed by atoms with Crippen molar-refractivity contribution in [3.8, 4) is 0 Å². The summed E-state index contributed by atoms with van der Waals surface area (Å²) in [5, 5.41) is 7.71. The maximum absolute atomic E-state index is 13.4. The van der Waals surface area contributed by atoms with Crippen LogP contribution in [0.1, 0.15) is 0 Å². The molecule has 2 unspecified atom stereocenters. The second-order valence-electron chi connectivity index (χ2n) is 6.49. The van der Waals surface area contributed by atoms with Crippen LogP contribution in [0.15, 0.2) is 0 Å². The van der Waals surface area contributed by atoms with E-state index in [0.29, 0.717) is 0 Å². The third-order valence-corrected chi connectivity index (χ3v) is 4.12. The van der Waals surface area contributed by atoms with Gasteiger partial charge in [-0.2, -0.15) is 92.2 Å². The molecule has 0 amide bonds. The molecule has 218 valence electrons. The van der Waals surface area contributed by atoms with Gasteiger partial charge < -0.3 is 5.11 Å². The Morgan fingerprint density at radius 3 is 0.722 bits per heavy atom. The summed E-state index contributed by atoms with van der Waals surface area (Å²) in [5.41, 5.74) is 0. The zero-order valence-corrected chi connectivity index (χ0v) is 15.3. The number of aliphatic hydroxyl groups is 1. The third-order valence-electron chi connectivity index (χ3n) is 4.12. The van der Waals surface area contributed by atoms with Gasteiger partial charge in [-0.15, -0.1) is 0 Å². The molecule has 0 radical (unpaired) electrons. The minimum atomic E-state index is -9.38. The van der Waals surface area contributed by atoms with Crippen molar-refractivity contribution in [2.45, 2.75) is 72.0 Å². The van der Waals surface area contributed by atoms with Gasteiger partial charge in [-0.25, -0.2) is 8.78 Å². The summed E-state index contributed by atoms with van der Waals surface area (Å²) in [5.74, 6) is -80.3. The predicted molar refractivity (Wildman–Crippen MR) is 62.6 cm³/mol. The van der Waals surface area contributed by atoms with Crippen LogP contribution in [-0.2, 0) is 0 Å². The highest BCUT2D eigenvalue weighted by Crippen LogP contribution is 2.66. The number of hydrogen-bond donors (Lipinski definition) is 1. The Balaban J connectivity index is 7.12. The van der Waals surface area contributed by atoms with Gasteiger partial charge in [0.05, 0.1) is 0 Å². The van der Waals surface area contributed by atoms with E-state index in [9.17, 15) is 101 Å². The van der Waals surface area contributed by atoms with E-state index in [4.69, 9.17) is 5.11 Å². The second-order valence-corrected chi connectivity index (χ2v) is 6.49. The Morgan fingerprint density at radius 1 is 0.333 bits per heavy atom. The van der Waals surface area contributed by atoms with Crippen molar-refractivity contribution < 1.29 is 106 Å². The van der Waals surface area contributed by atoms with Crippen LogP contribution < -0.4 is 0 Å². The van der Waals surface area contributed by atoms with Crippen molar-refractivity contribution in [1.29, 1.82) is 0 Å². The number of hydrogen-bond acceptors (Lipinski definition) is 1. The van der Waals surface area contributed by atoms with Crippen LogP contribution in [0, 0.1) is 0 Å². The molecule has 2 atom stereocenters. The number of halogens is 23. The summed E-state index contributed by atoms with van der Waals surface area (Å²) in [6, 6.07) is 0. The molecule has 24 heteroatoms. The molecular weight excluding hydrogens is 597 g/mol. The van der Waals surface area contributed by atoms with Gasteiger partial charge in [0.1, 0.15) is 0 Å². The molecule has 0 aromatic rings. The van der Waals surface area contributed by atoms with Gasteiger partial charge in [-0.3, -0.25) is 0 Å². The fraction of sp³-hybridized carbons (Fsp3) is 1.00. The number of alkyl halides is 23. The molecule has 0 saturated heterocycles. The smallest absolute Gasteiger partial charge is 0.362 e. The largest absolute Gasteiger partial charge is 0.460 e. The first-order valence-corrected chi connectivity index (χ1v) is 7.54. The minimum absolute atomic E-state index is 5.05. The van der Waals surface area contributed by atoms with E-state index in [1.54, 1.807) is 0 Å². The average Bonchev–Trinajstić information content (AvgIpc) is 2.64. The number of aliphatic hydroxyl groups excluding tert-OH is 1. The second kappa shape index (κ2) is 8.43. The number of rotatable bonds is 10. The lowest BCUT2D eigenvalue weighted by Crippen LogP contribution is -2.77.